The molecule has 0 radical (unpaired) electrons. The minimum Gasteiger partial charge on any atom is -0.378 e. The van der Waals surface area contributed by atoms with Crippen molar-refractivity contribution >= 4 is 0 Å². The number of rotatable bonds is 6. The van der Waals surface area contributed by atoms with Gasteiger partial charge in [0.05, 0.1) is 12.7 Å². The quantitative estimate of drug-likeness (QED) is 0.723. The average molecular weight is 254 g/mol. The van der Waals surface area contributed by atoms with Crippen LogP contribution in [0.4, 0.5) is 0 Å². The van der Waals surface area contributed by atoms with Gasteiger partial charge in [-0.3, -0.25) is 4.90 Å². The van der Waals surface area contributed by atoms with Crippen molar-refractivity contribution in [2.75, 3.05) is 39.3 Å². The third-order valence-corrected chi connectivity index (χ3v) is 4.38. The Morgan fingerprint density at radius 3 is 2.06 bits per heavy atom. The second-order valence-corrected chi connectivity index (χ2v) is 6.77. The summed E-state index contributed by atoms with van der Waals surface area (Å²) in [6.07, 6.45) is 3.11. The lowest BCUT2D eigenvalue weighted by Gasteiger charge is -2.38. The Hall–Kier alpha value is -0.120. The maximum atomic E-state index is 5.83. The molecule has 0 aromatic heterocycles. The molecule has 1 saturated heterocycles. The molecule has 0 atom stereocenters. The van der Waals surface area contributed by atoms with Crippen LogP contribution in [0.5, 0.6) is 0 Å². The Kier molecular flexibility index (Phi) is 4.68. The summed E-state index contributed by atoms with van der Waals surface area (Å²) >= 11 is 0. The van der Waals surface area contributed by atoms with E-state index in [2.05, 4.69) is 37.5 Å². The lowest BCUT2D eigenvalue weighted by atomic mass is 10.1. The minimum atomic E-state index is 0.375. The summed E-state index contributed by atoms with van der Waals surface area (Å²) in [5.74, 6) is 0. The van der Waals surface area contributed by atoms with Crippen molar-refractivity contribution in [3.63, 3.8) is 0 Å². The first kappa shape index (κ1) is 14.3. The first-order valence-electron chi connectivity index (χ1n) is 7.59. The van der Waals surface area contributed by atoms with E-state index < -0.39 is 0 Å². The minimum absolute atomic E-state index is 0.375. The van der Waals surface area contributed by atoms with E-state index in [9.17, 15) is 0 Å². The average Bonchev–Trinajstić information content (AvgIpc) is 3.08. The van der Waals surface area contributed by atoms with Gasteiger partial charge in [0.15, 0.2) is 0 Å². The number of nitrogens with zero attached hydrogens (tertiary/aromatic N) is 2. The Labute approximate surface area is 112 Å². The van der Waals surface area contributed by atoms with Gasteiger partial charge < -0.3 is 9.64 Å². The van der Waals surface area contributed by atoms with Crippen LogP contribution in [0.15, 0.2) is 0 Å². The van der Waals surface area contributed by atoms with E-state index in [1.165, 1.54) is 45.6 Å². The molecule has 1 heterocycles. The fourth-order valence-corrected chi connectivity index (χ4v) is 2.78. The molecule has 0 N–H and O–H groups in total. The van der Waals surface area contributed by atoms with E-state index in [1.54, 1.807) is 0 Å². The molecule has 106 valence electrons. The van der Waals surface area contributed by atoms with Crippen molar-refractivity contribution in [1.29, 1.82) is 0 Å². The molecule has 0 bridgehead atoms. The largest absolute Gasteiger partial charge is 0.378 e. The second kappa shape index (κ2) is 5.89. The van der Waals surface area contributed by atoms with E-state index in [-0.39, 0.29) is 0 Å². The molecule has 0 amide bonds. The van der Waals surface area contributed by atoms with Gasteiger partial charge in [0.1, 0.15) is 0 Å². The van der Waals surface area contributed by atoms with Crippen molar-refractivity contribution in [3.05, 3.63) is 0 Å². The highest BCUT2D eigenvalue weighted by Gasteiger charge is 2.44. The molecule has 2 fully saturated rings. The van der Waals surface area contributed by atoms with E-state index in [1.807, 2.05) is 0 Å². The maximum Gasteiger partial charge on any atom is 0.0538 e. The van der Waals surface area contributed by atoms with Crippen LogP contribution in [0.2, 0.25) is 0 Å². The van der Waals surface area contributed by atoms with E-state index in [0.717, 1.165) is 6.61 Å². The van der Waals surface area contributed by atoms with Crippen LogP contribution in [-0.2, 0) is 4.74 Å². The third kappa shape index (κ3) is 3.94. The lowest BCUT2D eigenvalue weighted by molar-refractivity contribution is 0.0210. The van der Waals surface area contributed by atoms with Crippen LogP contribution in [0.25, 0.3) is 0 Å². The molecular formula is C15H30N2O. The van der Waals surface area contributed by atoms with Gasteiger partial charge in [0, 0.05) is 44.2 Å². The second-order valence-electron chi connectivity index (χ2n) is 6.77. The molecule has 1 aliphatic carbocycles. The first-order valence-corrected chi connectivity index (χ1v) is 7.59. The summed E-state index contributed by atoms with van der Waals surface area (Å²) in [4.78, 5) is 5.23. The summed E-state index contributed by atoms with van der Waals surface area (Å²) in [6, 6.07) is 0.700. The van der Waals surface area contributed by atoms with E-state index >= 15 is 0 Å². The van der Waals surface area contributed by atoms with Crippen LogP contribution in [-0.4, -0.2) is 61.3 Å². The summed E-state index contributed by atoms with van der Waals surface area (Å²) in [5.41, 5.74) is 0.504. The highest BCUT2D eigenvalue weighted by Crippen LogP contribution is 2.46. The van der Waals surface area contributed by atoms with Gasteiger partial charge in [0.25, 0.3) is 0 Å². The predicted molar refractivity (Wildman–Crippen MR) is 75.9 cm³/mol. The number of hydrogen-bond donors (Lipinski definition) is 0. The molecule has 2 rings (SSSR count). The Balaban J connectivity index is 1.71. The van der Waals surface area contributed by atoms with Crippen LogP contribution in [0, 0.1) is 5.41 Å². The molecule has 1 saturated carbocycles. The van der Waals surface area contributed by atoms with Crippen molar-refractivity contribution < 1.29 is 4.74 Å². The van der Waals surface area contributed by atoms with Crippen molar-refractivity contribution in [3.8, 4) is 0 Å². The zero-order chi connectivity index (χ0) is 13.2. The Morgan fingerprint density at radius 2 is 1.61 bits per heavy atom. The van der Waals surface area contributed by atoms with Crippen LogP contribution in [0.3, 0.4) is 0 Å². The molecule has 18 heavy (non-hydrogen) atoms. The molecule has 0 spiro atoms. The molecule has 0 aromatic rings. The topological polar surface area (TPSA) is 15.7 Å². The third-order valence-electron chi connectivity index (χ3n) is 4.38. The van der Waals surface area contributed by atoms with Gasteiger partial charge in [-0.1, -0.05) is 0 Å². The van der Waals surface area contributed by atoms with Crippen molar-refractivity contribution in [2.24, 2.45) is 5.41 Å². The zero-order valence-electron chi connectivity index (χ0n) is 12.6. The van der Waals surface area contributed by atoms with Gasteiger partial charge in [-0.25, -0.2) is 0 Å². The Morgan fingerprint density at radius 1 is 1.00 bits per heavy atom. The standard InChI is InChI=1S/C15H30N2O/c1-13(2)17-9-7-16(8-10-17)11-15(5-6-15)12-18-14(3)4/h13-14H,5-12H2,1-4H3. The SMILES string of the molecule is CC(C)OCC1(CN2CCN(C(C)C)CC2)CC1. The zero-order valence-corrected chi connectivity index (χ0v) is 12.6. The normalized spacial score (nSPS) is 25.0. The van der Waals surface area contributed by atoms with Crippen LogP contribution in [0.1, 0.15) is 40.5 Å². The highest BCUT2D eigenvalue weighted by molar-refractivity contribution is 4.96. The first-order chi connectivity index (χ1) is 8.51. The van der Waals surface area contributed by atoms with Crippen LogP contribution >= 0.6 is 0 Å². The van der Waals surface area contributed by atoms with Crippen LogP contribution < -0.4 is 0 Å². The smallest absolute Gasteiger partial charge is 0.0538 e. The van der Waals surface area contributed by atoms with Gasteiger partial charge in [-0.2, -0.15) is 0 Å². The summed E-state index contributed by atoms with van der Waals surface area (Å²) in [6.45, 7) is 16.0. The monoisotopic (exact) mass is 254 g/mol. The van der Waals surface area contributed by atoms with Crippen molar-refractivity contribution in [1.82, 2.24) is 9.80 Å². The predicted octanol–water partition coefficient (Wildman–Crippen LogP) is 2.22. The van der Waals surface area contributed by atoms with Crippen molar-refractivity contribution in [2.45, 2.75) is 52.7 Å². The van der Waals surface area contributed by atoms with E-state index in [4.69, 9.17) is 4.74 Å². The summed E-state index contributed by atoms with van der Waals surface area (Å²) in [7, 11) is 0. The van der Waals surface area contributed by atoms with Gasteiger partial charge in [0.2, 0.25) is 0 Å². The molecule has 1 aliphatic heterocycles. The highest BCUT2D eigenvalue weighted by atomic mass is 16.5. The molecule has 0 unspecified atom stereocenters. The van der Waals surface area contributed by atoms with E-state index in [0.29, 0.717) is 17.6 Å². The van der Waals surface area contributed by atoms with Gasteiger partial charge in [-0.15, -0.1) is 0 Å². The lowest BCUT2D eigenvalue weighted by Crippen LogP contribution is -2.50. The molecule has 0 aromatic carbocycles. The fraction of sp³-hybridized carbons (Fsp3) is 1.00. The fourth-order valence-electron chi connectivity index (χ4n) is 2.78. The molecule has 2 aliphatic rings. The molecule has 3 heteroatoms. The Bertz CT molecular complexity index is 253. The maximum absolute atomic E-state index is 5.83. The molecule has 3 nitrogen and oxygen atoms in total. The summed E-state index contributed by atoms with van der Waals surface area (Å²) < 4.78 is 5.83. The number of ether oxygens (including phenoxy) is 1. The van der Waals surface area contributed by atoms with Gasteiger partial charge >= 0.3 is 0 Å². The molecular weight excluding hydrogens is 224 g/mol. The number of hydrogen-bond acceptors (Lipinski definition) is 3. The van der Waals surface area contributed by atoms with Gasteiger partial charge in [-0.05, 0) is 40.5 Å². The number of piperazine rings is 1. The summed E-state index contributed by atoms with van der Waals surface area (Å²) in [5, 5.41) is 0.